The molecule has 0 saturated carbocycles. The van der Waals surface area contributed by atoms with Crippen molar-refractivity contribution in [3.05, 3.63) is 24.3 Å². The van der Waals surface area contributed by atoms with E-state index < -0.39 is 0 Å². The highest BCUT2D eigenvalue weighted by atomic mass is 16.5. The quantitative estimate of drug-likeness (QED) is 0.764. The maximum absolute atomic E-state index is 13.0. The molecule has 0 aliphatic carbocycles. The van der Waals surface area contributed by atoms with Gasteiger partial charge in [-0.15, -0.1) is 0 Å². The number of likely N-dealkylation sites (tertiary alicyclic amines) is 1. The molecule has 0 aromatic heterocycles. The summed E-state index contributed by atoms with van der Waals surface area (Å²) >= 11 is 0. The normalized spacial score (nSPS) is 21.2. The molecule has 0 spiro atoms. The smallest absolute Gasteiger partial charge is 0.324 e. The first kappa shape index (κ1) is 17.1. The molecule has 7 nitrogen and oxygen atoms in total. The van der Waals surface area contributed by atoms with Crippen LogP contribution in [-0.2, 0) is 9.53 Å². The highest BCUT2D eigenvalue weighted by Gasteiger charge is 2.33. The zero-order valence-corrected chi connectivity index (χ0v) is 14.9. The molecule has 3 amide bonds. The van der Waals surface area contributed by atoms with E-state index in [9.17, 15) is 9.59 Å². The van der Waals surface area contributed by atoms with Crippen molar-refractivity contribution in [2.75, 3.05) is 57.4 Å². The van der Waals surface area contributed by atoms with Crippen molar-refractivity contribution in [3.63, 3.8) is 0 Å². The van der Waals surface area contributed by atoms with Crippen LogP contribution in [0.15, 0.2) is 24.3 Å². The molecule has 4 rings (SSSR count). The molecule has 1 aromatic rings. The van der Waals surface area contributed by atoms with Crippen molar-refractivity contribution in [3.8, 4) is 5.75 Å². The lowest BCUT2D eigenvalue weighted by atomic mass is 9.95. The van der Waals surface area contributed by atoms with Gasteiger partial charge in [-0.1, -0.05) is 12.1 Å². The van der Waals surface area contributed by atoms with Crippen LogP contribution in [-0.4, -0.2) is 74.3 Å². The van der Waals surface area contributed by atoms with Crippen molar-refractivity contribution in [1.29, 1.82) is 0 Å². The lowest BCUT2D eigenvalue weighted by molar-refractivity contribution is -0.141. The highest BCUT2D eigenvalue weighted by Crippen LogP contribution is 2.32. The Morgan fingerprint density at radius 3 is 2.38 bits per heavy atom. The van der Waals surface area contributed by atoms with Gasteiger partial charge in [0.1, 0.15) is 12.4 Å². The fourth-order valence-corrected chi connectivity index (χ4v) is 3.90. The van der Waals surface area contributed by atoms with Crippen LogP contribution in [0.3, 0.4) is 0 Å². The van der Waals surface area contributed by atoms with Gasteiger partial charge in [-0.3, -0.25) is 9.69 Å². The SMILES string of the molecule is O=C(C1CCN(C(=O)N2CCOc3ccccc32)CC1)N1CCOCC1. The average Bonchev–Trinajstić information content (AvgIpc) is 2.73. The number of hydrogen-bond donors (Lipinski definition) is 0. The number of benzene rings is 1. The van der Waals surface area contributed by atoms with Gasteiger partial charge < -0.3 is 19.3 Å². The number of fused-ring (bicyclic) bond motifs is 1. The number of rotatable bonds is 1. The minimum atomic E-state index is 0.0121. The Bertz CT molecular complexity index is 667. The van der Waals surface area contributed by atoms with Gasteiger partial charge in [-0.25, -0.2) is 4.79 Å². The molecule has 0 radical (unpaired) electrons. The molecule has 7 heteroatoms. The number of nitrogens with zero attached hydrogens (tertiary/aromatic N) is 3. The Labute approximate surface area is 153 Å². The number of para-hydroxylation sites is 2. The first-order valence-electron chi connectivity index (χ1n) is 9.39. The van der Waals surface area contributed by atoms with Gasteiger partial charge in [0.2, 0.25) is 5.91 Å². The lowest BCUT2D eigenvalue weighted by Gasteiger charge is -2.38. The van der Waals surface area contributed by atoms with E-state index in [1.54, 1.807) is 4.90 Å². The van der Waals surface area contributed by atoms with Crippen LogP contribution in [0.1, 0.15) is 12.8 Å². The molecule has 0 bridgehead atoms. The third kappa shape index (κ3) is 3.35. The van der Waals surface area contributed by atoms with Crippen LogP contribution in [0.5, 0.6) is 5.75 Å². The summed E-state index contributed by atoms with van der Waals surface area (Å²) in [5.41, 5.74) is 0.829. The molecular weight excluding hydrogens is 334 g/mol. The number of piperidine rings is 1. The molecule has 0 unspecified atom stereocenters. The number of morpholine rings is 1. The summed E-state index contributed by atoms with van der Waals surface area (Å²) in [6.45, 7) is 4.93. The maximum Gasteiger partial charge on any atom is 0.324 e. The average molecular weight is 359 g/mol. The van der Waals surface area contributed by atoms with Crippen LogP contribution >= 0.6 is 0 Å². The molecule has 26 heavy (non-hydrogen) atoms. The molecule has 2 saturated heterocycles. The zero-order valence-electron chi connectivity index (χ0n) is 14.9. The number of hydrogen-bond acceptors (Lipinski definition) is 4. The minimum Gasteiger partial charge on any atom is -0.490 e. The summed E-state index contributed by atoms with van der Waals surface area (Å²) in [7, 11) is 0. The summed E-state index contributed by atoms with van der Waals surface area (Å²) in [4.78, 5) is 31.2. The van der Waals surface area contributed by atoms with Gasteiger partial charge in [0, 0.05) is 32.1 Å². The molecule has 3 aliphatic heterocycles. The van der Waals surface area contributed by atoms with Crippen molar-refractivity contribution in [2.24, 2.45) is 5.92 Å². The van der Waals surface area contributed by atoms with Gasteiger partial charge in [-0.2, -0.15) is 0 Å². The van der Waals surface area contributed by atoms with Crippen LogP contribution in [0.2, 0.25) is 0 Å². The van der Waals surface area contributed by atoms with Crippen molar-refractivity contribution >= 4 is 17.6 Å². The number of amides is 3. The number of anilines is 1. The van der Waals surface area contributed by atoms with Gasteiger partial charge >= 0.3 is 6.03 Å². The number of ether oxygens (including phenoxy) is 2. The maximum atomic E-state index is 13.0. The number of carbonyl (C=O) groups is 2. The summed E-state index contributed by atoms with van der Waals surface area (Å²) in [5.74, 6) is 0.996. The number of carbonyl (C=O) groups excluding carboxylic acids is 2. The zero-order chi connectivity index (χ0) is 17.9. The monoisotopic (exact) mass is 359 g/mol. The minimum absolute atomic E-state index is 0.0121. The van der Waals surface area contributed by atoms with Crippen LogP contribution in [0.25, 0.3) is 0 Å². The van der Waals surface area contributed by atoms with Crippen molar-refractivity contribution in [1.82, 2.24) is 9.80 Å². The molecule has 0 N–H and O–H groups in total. The topological polar surface area (TPSA) is 62.3 Å². The second-order valence-electron chi connectivity index (χ2n) is 6.95. The Kier molecular flexibility index (Phi) is 4.97. The van der Waals surface area contributed by atoms with E-state index in [1.165, 1.54) is 0 Å². The Balaban J connectivity index is 1.36. The summed E-state index contributed by atoms with van der Waals surface area (Å²) in [6, 6.07) is 7.65. The highest BCUT2D eigenvalue weighted by molar-refractivity contribution is 5.94. The van der Waals surface area contributed by atoms with Crippen molar-refractivity contribution < 1.29 is 19.1 Å². The van der Waals surface area contributed by atoms with E-state index in [0.29, 0.717) is 52.5 Å². The van der Waals surface area contributed by atoms with Crippen molar-refractivity contribution in [2.45, 2.75) is 12.8 Å². The standard InChI is InChI=1S/C19H25N3O4/c23-18(20-9-12-25-13-10-20)15-5-7-21(8-6-15)19(24)22-11-14-26-17-4-2-1-3-16(17)22/h1-4,15H,5-14H2. The Morgan fingerprint density at radius 1 is 0.885 bits per heavy atom. The first-order chi connectivity index (χ1) is 12.7. The third-order valence-electron chi connectivity index (χ3n) is 5.40. The fraction of sp³-hybridized carbons (Fsp3) is 0.579. The van der Waals surface area contributed by atoms with E-state index in [1.807, 2.05) is 34.1 Å². The largest absolute Gasteiger partial charge is 0.490 e. The summed E-state index contributed by atoms with van der Waals surface area (Å²) in [6.07, 6.45) is 1.46. The van der Waals surface area contributed by atoms with Crippen LogP contribution in [0.4, 0.5) is 10.5 Å². The van der Waals surface area contributed by atoms with E-state index in [-0.39, 0.29) is 17.9 Å². The predicted molar refractivity (Wildman–Crippen MR) is 96.4 cm³/mol. The molecule has 3 heterocycles. The molecule has 1 aromatic carbocycles. The second-order valence-corrected chi connectivity index (χ2v) is 6.95. The van der Waals surface area contributed by atoms with E-state index in [2.05, 4.69) is 0 Å². The Hall–Kier alpha value is -2.28. The molecule has 3 aliphatic rings. The van der Waals surface area contributed by atoms with Gasteiger partial charge in [0.05, 0.1) is 25.4 Å². The van der Waals surface area contributed by atoms with Crippen LogP contribution in [0, 0.1) is 5.92 Å². The van der Waals surface area contributed by atoms with Gasteiger partial charge in [-0.05, 0) is 25.0 Å². The van der Waals surface area contributed by atoms with E-state index in [0.717, 1.165) is 24.3 Å². The molecule has 0 atom stereocenters. The lowest BCUT2D eigenvalue weighted by Crippen LogP contribution is -2.51. The predicted octanol–water partition coefficient (Wildman–Crippen LogP) is 1.58. The van der Waals surface area contributed by atoms with E-state index >= 15 is 0 Å². The van der Waals surface area contributed by atoms with E-state index in [4.69, 9.17) is 9.47 Å². The number of urea groups is 1. The first-order valence-corrected chi connectivity index (χ1v) is 9.39. The fourth-order valence-electron chi connectivity index (χ4n) is 3.90. The molecule has 140 valence electrons. The molecule has 2 fully saturated rings. The Morgan fingerprint density at radius 2 is 1.62 bits per heavy atom. The van der Waals surface area contributed by atoms with Gasteiger partial charge in [0.25, 0.3) is 0 Å². The summed E-state index contributed by atoms with van der Waals surface area (Å²) < 4.78 is 11.0. The molecular formula is C19H25N3O4. The van der Waals surface area contributed by atoms with Gasteiger partial charge in [0.15, 0.2) is 0 Å². The second kappa shape index (κ2) is 7.53. The summed E-state index contributed by atoms with van der Waals surface area (Å²) in [5, 5.41) is 0. The third-order valence-corrected chi connectivity index (χ3v) is 5.40. The van der Waals surface area contributed by atoms with Crippen LogP contribution < -0.4 is 9.64 Å².